The molecular weight excluding hydrogens is 172 g/mol. The molecule has 2 rings (SSSR count). The zero-order valence-electron chi connectivity index (χ0n) is 8.83. The Bertz CT molecular complexity index is 303. The summed E-state index contributed by atoms with van der Waals surface area (Å²) in [5, 5.41) is 3.37. The molecule has 0 radical (unpaired) electrons. The van der Waals surface area contributed by atoms with Crippen molar-refractivity contribution in [3.8, 4) is 0 Å². The molecule has 1 aromatic carbocycles. The molecule has 1 aliphatic rings. The normalized spacial score (nSPS) is 25.1. The first-order chi connectivity index (χ1) is 6.66. The summed E-state index contributed by atoms with van der Waals surface area (Å²) in [6.45, 7) is 4.29. The van der Waals surface area contributed by atoms with Crippen molar-refractivity contribution in [3.63, 3.8) is 0 Å². The van der Waals surface area contributed by atoms with Gasteiger partial charge >= 0.3 is 0 Å². The molecule has 2 atom stereocenters. The second-order valence-corrected chi connectivity index (χ2v) is 4.43. The average molecular weight is 190 g/mol. The molecule has 1 aliphatic carbocycles. The van der Waals surface area contributed by atoms with E-state index in [1.165, 1.54) is 11.3 Å². The topological polar surface area (TPSA) is 38.0 Å². The van der Waals surface area contributed by atoms with Crippen molar-refractivity contribution in [2.24, 2.45) is 5.73 Å². The second-order valence-electron chi connectivity index (χ2n) is 4.43. The summed E-state index contributed by atoms with van der Waals surface area (Å²) in [6, 6.07) is 9.54. The SMILES string of the molecule is CC(C)Nc1ccc([C@@H]2C[C@H]2N)cc1. The predicted octanol–water partition coefficient (Wildman–Crippen LogP) is 2.32. The summed E-state index contributed by atoms with van der Waals surface area (Å²) in [6.07, 6.45) is 1.15. The number of hydrogen-bond donors (Lipinski definition) is 2. The van der Waals surface area contributed by atoms with E-state index < -0.39 is 0 Å². The summed E-state index contributed by atoms with van der Waals surface area (Å²) in [5.74, 6) is 0.614. The van der Waals surface area contributed by atoms with E-state index in [2.05, 4.69) is 43.4 Å². The van der Waals surface area contributed by atoms with Gasteiger partial charge in [-0.3, -0.25) is 0 Å². The summed E-state index contributed by atoms with van der Waals surface area (Å²) >= 11 is 0. The van der Waals surface area contributed by atoms with E-state index in [0.717, 1.165) is 6.42 Å². The van der Waals surface area contributed by atoms with Crippen molar-refractivity contribution in [1.82, 2.24) is 0 Å². The molecule has 0 bridgehead atoms. The molecule has 1 aromatic rings. The Morgan fingerprint density at radius 1 is 1.29 bits per heavy atom. The Hall–Kier alpha value is -1.02. The number of nitrogens with one attached hydrogen (secondary N) is 1. The summed E-state index contributed by atoms with van der Waals surface area (Å²) in [5.41, 5.74) is 8.38. The van der Waals surface area contributed by atoms with Gasteiger partial charge in [0.05, 0.1) is 0 Å². The van der Waals surface area contributed by atoms with Crippen LogP contribution in [0.3, 0.4) is 0 Å². The molecule has 0 amide bonds. The van der Waals surface area contributed by atoms with Gasteiger partial charge in [0.25, 0.3) is 0 Å². The van der Waals surface area contributed by atoms with Gasteiger partial charge < -0.3 is 11.1 Å². The first kappa shape index (κ1) is 9.53. The molecule has 3 N–H and O–H groups in total. The van der Waals surface area contributed by atoms with Gasteiger partial charge in [-0.15, -0.1) is 0 Å². The number of nitrogens with two attached hydrogens (primary N) is 1. The van der Waals surface area contributed by atoms with E-state index in [1.807, 2.05) is 0 Å². The highest BCUT2D eigenvalue weighted by Gasteiger charge is 2.34. The van der Waals surface area contributed by atoms with Crippen LogP contribution < -0.4 is 11.1 Å². The molecule has 0 aromatic heterocycles. The van der Waals surface area contributed by atoms with Gasteiger partial charge in [-0.25, -0.2) is 0 Å². The standard InChI is InChI=1S/C12H18N2/c1-8(2)14-10-5-3-9(4-6-10)11-7-12(11)13/h3-6,8,11-12,14H,7,13H2,1-2H3/t11-,12+/m0/s1. The van der Waals surface area contributed by atoms with Crippen LogP contribution in [0.25, 0.3) is 0 Å². The van der Waals surface area contributed by atoms with Gasteiger partial charge in [-0.2, -0.15) is 0 Å². The molecular formula is C12H18N2. The molecule has 1 fully saturated rings. The van der Waals surface area contributed by atoms with Crippen LogP contribution in [0.2, 0.25) is 0 Å². The molecule has 0 spiro atoms. The van der Waals surface area contributed by atoms with E-state index in [9.17, 15) is 0 Å². The molecule has 0 unspecified atom stereocenters. The molecule has 0 saturated heterocycles. The van der Waals surface area contributed by atoms with Crippen molar-refractivity contribution < 1.29 is 0 Å². The first-order valence-corrected chi connectivity index (χ1v) is 5.29. The predicted molar refractivity (Wildman–Crippen MR) is 60.5 cm³/mol. The van der Waals surface area contributed by atoms with Gasteiger partial charge in [-0.05, 0) is 38.0 Å². The maximum Gasteiger partial charge on any atom is 0.0342 e. The molecule has 0 heterocycles. The van der Waals surface area contributed by atoms with Crippen LogP contribution in [0, 0.1) is 0 Å². The fourth-order valence-corrected chi connectivity index (χ4v) is 1.76. The highest BCUT2D eigenvalue weighted by atomic mass is 14.9. The lowest BCUT2D eigenvalue weighted by molar-refractivity contribution is 0.899. The van der Waals surface area contributed by atoms with Crippen LogP contribution in [0.5, 0.6) is 0 Å². The van der Waals surface area contributed by atoms with Gasteiger partial charge in [-0.1, -0.05) is 12.1 Å². The highest BCUT2D eigenvalue weighted by molar-refractivity contribution is 5.46. The molecule has 76 valence electrons. The van der Waals surface area contributed by atoms with Crippen molar-refractivity contribution >= 4 is 5.69 Å². The van der Waals surface area contributed by atoms with Crippen molar-refractivity contribution in [2.45, 2.75) is 38.3 Å². The third kappa shape index (κ3) is 2.07. The Labute approximate surface area is 85.5 Å². The number of rotatable bonds is 3. The lowest BCUT2D eigenvalue weighted by Crippen LogP contribution is -2.09. The van der Waals surface area contributed by atoms with E-state index >= 15 is 0 Å². The van der Waals surface area contributed by atoms with Gasteiger partial charge in [0, 0.05) is 23.7 Å². The average Bonchev–Trinajstić information content (AvgIpc) is 2.83. The van der Waals surface area contributed by atoms with Crippen LogP contribution in [-0.4, -0.2) is 12.1 Å². The van der Waals surface area contributed by atoms with E-state index in [4.69, 9.17) is 5.73 Å². The lowest BCUT2D eigenvalue weighted by Gasteiger charge is -2.10. The second kappa shape index (κ2) is 3.62. The smallest absolute Gasteiger partial charge is 0.0342 e. The minimum atomic E-state index is 0.402. The van der Waals surface area contributed by atoms with Crippen LogP contribution in [0.15, 0.2) is 24.3 Å². The Balaban J connectivity index is 2.03. The first-order valence-electron chi connectivity index (χ1n) is 5.29. The lowest BCUT2D eigenvalue weighted by atomic mass is 10.1. The number of hydrogen-bond acceptors (Lipinski definition) is 2. The minimum absolute atomic E-state index is 0.402. The summed E-state index contributed by atoms with van der Waals surface area (Å²) in [4.78, 5) is 0. The molecule has 0 aliphatic heterocycles. The molecule has 14 heavy (non-hydrogen) atoms. The summed E-state index contributed by atoms with van der Waals surface area (Å²) in [7, 11) is 0. The monoisotopic (exact) mass is 190 g/mol. The van der Waals surface area contributed by atoms with Crippen LogP contribution >= 0.6 is 0 Å². The molecule has 1 saturated carbocycles. The van der Waals surface area contributed by atoms with Gasteiger partial charge in [0.15, 0.2) is 0 Å². The number of anilines is 1. The third-order valence-corrected chi connectivity index (χ3v) is 2.63. The van der Waals surface area contributed by atoms with E-state index in [-0.39, 0.29) is 0 Å². The highest BCUT2D eigenvalue weighted by Crippen LogP contribution is 2.39. The van der Waals surface area contributed by atoms with Gasteiger partial charge in [0.2, 0.25) is 0 Å². The fraction of sp³-hybridized carbons (Fsp3) is 0.500. The van der Waals surface area contributed by atoms with Crippen molar-refractivity contribution in [1.29, 1.82) is 0 Å². The minimum Gasteiger partial charge on any atom is -0.383 e. The van der Waals surface area contributed by atoms with Gasteiger partial charge in [0.1, 0.15) is 0 Å². The molecule has 2 heteroatoms. The largest absolute Gasteiger partial charge is 0.383 e. The maximum absolute atomic E-state index is 5.80. The maximum atomic E-state index is 5.80. The Morgan fingerprint density at radius 3 is 2.29 bits per heavy atom. The number of benzene rings is 1. The Kier molecular flexibility index (Phi) is 2.46. The molecule has 2 nitrogen and oxygen atoms in total. The third-order valence-electron chi connectivity index (χ3n) is 2.63. The van der Waals surface area contributed by atoms with Crippen molar-refractivity contribution in [3.05, 3.63) is 29.8 Å². The van der Waals surface area contributed by atoms with E-state index in [1.54, 1.807) is 0 Å². The van der Waals surface area contributed by atoms with Crippen molar-refractivity contribution in [2.75, 3.05) is 5.32 Å². The van der Waals surface area contributed by atoms with E-state index in [0.29, 0.717) is 18.0 Å². The van der Waals surface area contributed by atoms with Crippen LogP contribution in [0.1, 0.15) is 31.7 Å². The fourth-order valence-electron chi connectivity index (χ4n) is 1.76. The van der Waals surface area contributed by atoms with Crippen LogP contribution in [-0.2, 0) is 0 Å². The zero-order valence-corrected chi connectivity index (χ0v) is 8.83. The van der Waals surface area contributed by atoms with Crippen LogP contribution in [0.4, 0.5) is 5.69 Å². The quantitative estimate of drug-likeness (QED) is 0.767. The Morgan fingerprint density at radius 2 is 1.86 bits per heavy atom. The summed E-state index contributed by atoms with van der Waals surface area (Å²) < 4.78 is 0. The zero-order chi connectivity index (χ0) is 10.1.